The van der Waals surface area contributed by atoms with Crippen LogP contribution in [0.4, 0.5) is 0 Å². The van der Waals surface area contributed by atoms with Crippen LogP contribution in [-0.4, -0.2) is 45.6 Å². The Balaban J connectivity index is 1.92. The van der Waals surface area contributed by atoms with Crippen molar-refractivity contribution in [2.75, 3.05) is 19.6 Å². The quantitative estimate of drug-likeness (QED) is 0.916. The summed E-state index contributed by atoms with van der Waals surface area (Å²) in [6.45, 7) is 5.71. The highest BCUT2D eigenvalue weighted by Gasteiger charge is 2.27. The molecule has 0 spiro atoms. The standard InChI is InChI=1S/C16H21N5O2/c1-10-6-14(23-20-10)13-7-18-11(2)19-16(13)12-4-3-5-21(8-12)9-15(17)22/h6-7,12H,3-5,8-9H2,1-2H3,(H2,17,22)/t12-/m1/s1. The molecule has 7 heteroatoms. The molecule has 0 saturated carbocycles. The first-order chi connectivity index (χ1) is 11.0. The van der Waals surface area contributed by atoms with E-state index in [2.05, 4.69) is 20.0 Å². The van der Waals surface area contributed by atoms with Crippen LogP contribution >= 0.6 is 0 Å². The molecule has 2 N–H and O–H groups in total. The number of nitrogens with two attached hydrogens (primary N) is 1. The number of piperidine rings is 1. The number of carbonyl (C=O) groups is 1. The van der Waals surface area contributed by atoms with Gasteiger partial charge >= 0.3 is 0 Å². The van der Waals surface area contributed by atoms with Crippen LogP contribution in [0.15, 0.2) is 16.8 Å². The molecule has 1 aliphatic heterocycles. The predicted molar refractivity (Wildman–Crippen MR) is 84.6 cm³/mol. The van der Waals surface area contributed by atoms with Crippen molar-refractivity contribution in [1.29, 1.82) is 0 Å². The van der Waals surface area contributed by atoms with Crippen molar-refractivity contribution in [1.82, 2.24) is 20.0 Å². The second-order valence-corrected chi connectivity index (χ2v) is 6.09. The Labute approximate surface area is 134 Å². The molecule has 1 atom stereocenters. The summed E-state index contributed by atoms with van der Waals surface area (Å²) in [6, 6.07) is 1.89. The van der Waals surface area contributed by atoms with Gasteiger partial charge in [-0.2, -0.15) is 0 Å². The number of primary amides is 1. The maximum Gasteiger partial charge on any atom is 0.231 e. The molecule has 0 aromatic carbocycles. The fourth-order valence-electron chi connectivity index (χ4n) is 3.12. The lowest BCUT2D eigenvalue weighted by molar-refractivity contribution is -0.119. The molecule has 0 unspecified atom stereocenters. The SMILES string of the molecule is Cc1cc(-c2cnc(C)nc2[C@@H]2CCCN(CC(N)=O)C2)on1. The largest absolute Gasteiger partial charge is 0.369 e. The van der Waals surface area contributed by atoms with Gasteiger partial charge in [0, 0.05) is 24.7 Å². The van der Waals surface area contributed by atoms with Crippen LogP contribution in [0.25, 0.3) is 11.3 Å². The van der Waals surface area contributed by atoms with Crippen LogP contribution in [0.1, 0.15) is 36.0 Å². The van der Waals surface area contributed by atoms with E-state index in [4.69, 9.17) is 10.3 Å². The molecule has 1 aliphatic rings. The van der Waals surface area contributed by atoms with E-state index in [1.807, 2.05) is 19.9 Å². The number of rotatable bonds is 4. The lowest BCUT2D eigenvalue weighted by atomic mass is 9.91. The third kappa shape index (κ3) is 3.56. The lowest BCUT2D eigenvalue weighted by Gasteiger charge is -2.32. The average molecular weight is 315 g/mol. The molecular weight excluding hydrogens is 294 g/mol. The first-order valence-corrected chi connectivity index (χ1v) is 7.81. The van der Waals surface area contributed by atoms with Gasteiger partial charge in [0.25, 0.3) is 0 Å². The van der Waals surface area contributed by atoms with Gasteiger partial charge in [-0.15, -0.1) is 0 Å². The van der Waals surface area contributed by atoms with Crippen molar-refractivity contribution in [2.45, 2.75) is 32.6 Å². The summed E-state index contributed by atoms with van der Waals surface area (Å²) >= 11 is 0. The van der Waals surface area contributed by atoms with Crippen LogP contribution in [0.5, 0.6) is 0 Å². The molecule has 2 aromatic heterocycles. The normalized spacial score (nSPS) is 19.0. The monoisotopic (exact) mass is 315 g/mol. The average Bonchev–Trinajstić information content (AvgIpc) is 2.93. The van der Waals surface area contributed by atoms with E-state index < -0.39 is 0 Å². The summed E-state index contributed by atoms with van der Waals surface area (Å²) < 4.78 is 5.40. The molecule has 2 aromatic rings. The summed E-state index contributed by atoms with van der Waals surface area (Å²) in [5.74, 6) is 1.34. The van der Waals surface area contributed by atoms with Gasteiger partial charge in [-0.3, -0.25) is 9.69 Å². The van der Waals surface area contributed by atoms with Gasteiger partial charge in [-0.25, -0.2) is 9.97 Å². The minimum Gasteiger partial charge on any atom is -0.369 e. The van der Waals surface area contributed by atoms with Gasteiger partial charge in [-0.1, -0.05) is 5.16 Å². The van der Waals surface area contributed by atoms with Crippen LogP contribution in [0.3, 0.4) is 0 Å². The molecule has 0 aliphatic carbocycles. The first kappa shape index (κ1) is 15.6. The van der Waals surface area contributed by atoms with Crippen molar-refractivity contribution >= 4 is 5.91 Å². The van der Waals surface area contributed by atoms with Crippen LogP contribution in [0, 0.1) is 13.8 Å². The number of likely N-dealkylation sites (tertiary alicyclic amines) is 1. The van der Waals surface area contributed by atoms with Gasteiger partial charge in [0.2, 0.25) is 5.91 Å². The number of aromatic nitrogens is 3. The Morgan fingerprint density at radius 1 is 1.48 bits per heavy atom. The van der Waals surface area contributed by atoms with Crippen molar-refractivity contribution < 1.29 is 9.32 Å². The van der Waals surface area contributed by atoms with Gasteiger partial charge in [0.15, 0.2) is 5.76 Å². The molecule has 1 amide bonds. The van der Waals surface area contributed by atoms with Crippen molar-refractivity contribution in [2.24, 2.45) is 5.73 Å². The molecular formula is C16H21N5O2. The zero-order valence-electron chi connectivity index (χ0n) is 13.5. The third-order valence-corrected chi connectivity index (χ3v) is 4.10. The maximum absolute atomic E-state index is 11.2. The Morgan fingerprint density at radius 2 is 2.30 bits per heavy atom. The molecule has 3 heterocycles. The van der Waals surface area contributed by atoms with Gasteiger partial charge in [0.05, 0.1) is 23.5 Å². The van der Waals surface area contributed by atoms with E-state index >= 15 is 0 Å². The maximum atomic E-state index is 11.2. The summed E-state index contributed by atoms with van der Waals surface area (Å²) in [6.07, 6.45) is 3.83. The highest BCUT2D eigenvalue weighted by Crippen LogP contribution is 2.33. The summed E-state index contributed by atoms with van der Waals surface area (Å²) in [4.78, 5) is 22.2. The Bertz CT molecular complexity index is 712. The Hall–Kier alpha value is -2.28. The Morgan fingerprint density at radius 3 is 3.00 bits per heavy atom. The minimum absolute atomic E-state index is 0.227. The van der Waals surface area contributed by atoms with E-state index in [0.717, 1.165) is 48.7 Å². The second kappa shape index (κ2) is 6.45. The smallest absolute Gasteiger partial charge is 0.231 e. The minimum atomic E-state index is -0.296. The van der Waals surface area contributed by atoms with Crippen LogP contribution in [0.2, 0.25) is 0 Å². The van der Waals surface area contributed by atoms with Crippen molar-refractivity contribution in [3.8, 4) is 11.3 Å². The highest BCUT2D eigenvalue weighted by atomic mass is 16.5. The first-order valence-electron chi connectivity index (χ1n) is 7.81. The van der Waals surface area contributed by atoms with E-state index in [1.165, 1.54) is 0 Å². The van der Waals surface area contributed by atoms with Gasteiger partial charge in [-0.05, 0) is 33.2 Å². The van der Waals surface area contributed by atoms with E-state index in [1.54, 1.807) is 6.20 Å². The van der Waals surface area contributed by atoms with Crippen molar-refractivity contribution in [3.63, 3.8) is 0 Å². The van der Waals surface area contributed by atoms with Crippen molar-refractivity contribution in [3.05, 3.63) is 29.5 Å². The molecule has 3 rings (SSSR count). The van der Waals surface area contributed by atoms with E-state index in [-0.39, 0.29) is 18.4 Å². The topological polar surface area (TPSA) is 98.1 Å². The summed E-state index contributed by atoms with van der Waals surface area (Å²) in [7, 11) is 0. The lowest BCUT2D eigenvalue weighted by Crippen LogP contribution is -2.40. The zero-order chi connectivity index (χ0) is 16.4. The number of aryl methyl sites for hydroxylation is 2. The number of hydrogen-bond donors (Lipinski definition) is 1. The summed E-state index contributed by atoms with van der Waals surface area (Å²) in [5, 5.41) is 3.95. The van der Waals surface area contributed by atoms with Crippen LogP contribution < -0.4 is 5.73 Å². The van der Waals surface area contributed by atoms with E-state index in [0.29, 0.717) is 5.76 Å². The second-order valence-electron chi connectivity index (χ2n) is 6.09. The number of carbonyl (C=O) groups excluding carboxylic acids is 1. The van der Waals surface area contributed by atoms with Crippen LogP contribution in [-0.2, 0) is 4.79 Å². The number of nitrogens with zero attached hydrogens (tertiary/aromatic N) is 4. The zero-order valence-corrected chi connectivity index (χ0v) is 13.5. The van der Waals surface area contributed by atoms with Gasteiger partial charge in [0.1, 0.15) is 5.82 Å². The highest BCUT2D eigenvalue weighted by molar-refractivity contribution is 5.76. The molecule has 122 valence electrons. The summed E-state index contributed by atoms with van der Waals surface area (Å²) in [5.41, 5.74) is 7.99. The number of hydrogen-bond acceptors (Lipinski definition) is 6. The fraction of sp³-hybridized carbons (Fsp3) is 0.500. The molecule has 7 nitrogen and oxygen atoms in total. The molecule has 0 bridgehead atoms. The molecule has 1 fully saturated rings. The third-order valence-electron chi connectivity index (χ3n) is 4.10. The Kier molecular flexibility index (Phi) is 4.38. The molecule has 23 heavy (non-hydrogen) atoms. The fourth-order valence-corrected chi connectivity index (χ4v) is 3.12. The predicted octanol–water partition coefficient (Wildman–Crippen LogP) is 1.41. The van der Waals surface area contributed by atoms with E-state index in [9.17, 15) is 4.79 Å². The number of amides is 1. The molecule has 1 saturated heterocycles. The molecule has 0 radical (unpaired) electrons. The van der Waals surface area contributed by atoms with Gasteiger partial charge < -0.3 is 10.3 Å².